The number of nitrogens with one attached hydrogen (secondary N) is 1. The van der Waals surface area contributed by atoms with E-state index in [9.17, 15) is 0 Å². The summed E-state index contributed by atoms with van der Waals surface area (Å²) >= 11 is 1.74. The maximum absolute atomic E-state index is 5.38. The van der Waals surface area contributed by atoms with E-state index in [1.807, 2.05) is 24.4 Å². The number of benzene rings is 2. The molecular formula is C21H24N2OS. The lowest BCUT2D eigenvalue weighted by Gasteiger charge is -2.08. The minimum absolute atomic E-state index is 0.560. The second-order valence-electron chi connectivity index (χ2n) is 6.31. The van der Waals surface area contributed by atoms with Gasteiger partial charge in [0.2, 0.25) is 0 Å². The van der Waals surface area contributed by atoms with Gasteiger partial charge in [-0.25, -0.2) is 4.98 Å². The molecule has 0 fully saturated rings. The van der Waals surface area contributed by atoms with Gasteiger partial charge in [0.05, 0.1) is 12.0 Å². The van der Waals surface area contributed by atoms with Gasteiger partial charge in [0.25, 0.3) is 0 Å². The van der Waals surface area contributed by atoms with Crippen molar-refractivity contribution in [2.45, 2.75) is 32.9 Å². The zero-order valence-electron chi connectivity index (χ0n) is 15.0. The van der Waals surface area contributed by atoms with Crippen LogP contribution in [0.5, 0.6) is 5.75 Å². The Bertz CT molecular complexity index is 809. The lowest BCUT2D eigenvalue weighted by atomic mass is 10.0. The number of para-hydroxylation sites is 1. The molecule has 2 aromatic carbocycles. The number of hydrogen-bond acceptors (Lipinski definition) is 4. The van der Waals surface area contributed by atoms with E-state index in [0.717, 1.165) is 29.4 Å². The minimum atomic E-state index is 0.560. The van der Waals surface area contributed by atoms with Crippen molar-refractivity contribution in [1.82, 2.24) is 10.3 Å². The maximum atomic E-state index is 5.38. The van der Waals surface area contributed by atoms with Gasteiger partial charge >= 0.3 is 0 Å². The van der Waals surface area contributed by atoms with Gasteiger partial charge in [-0.1, -0.05) is 56.3 Å². The van der Waals surface area contributed by atoms with Crippen molar-refractivity contribution in [3.8, 4) is 16.2 Å². The number of ether oxygens (including phenoxy) is 1. The largest absolute Gasteiger partial charge is 0.496 e. The van der Waals surface area contributed by atoms with Gasteiger partial charge in [0.15, 0.2) is 0 Å². The molecule has 4 heteroatoms. The summed E-state index contributed by atoms with van der Waals surface area (Å²) in [6.45, 7) is 5.95. The molecule has 0 saturated heterocycles. The molecule has 0 aliphatic rings. The summed E-state index contributed by atoms with van der Waals surface area (Å²) in [6.07, 6.45) is 1.97. The number of thiazole rings is 1. The Morgan fingerprint density at radius 2 is 1.80 bits per heavy atom. The summed E-state index contributed by atoms with van der Waals surface area (Å²) in [7, 11) is 1.70. The minimum Gasteiger partial charge on any atom is -0.496 e. The topological polar surface area (TPSA) is 34.1 Å². The van der Waals surface area contributed by atoms with E-state index in [-0.39, 0.29) is 0 Å². The van der Waals surface area contributed by atoms with Crippen LogP contribution in [0.25, 0.3) is 10.4 Å². The molecule has 0 amide bonds. The fourth-order valence-corrected chi connectivity index (χ4v) is 3.60. The normalized spacial score (nSPS) is 11.0. The van der Waals surface area contributed by atoms with Crippen LogP contribution in [0.15, 0.2) is 54.7 Å². The van der Waals surface area contributed by atoms with E-state index >= 15 is 0 Å². The van der Waals surface area contributed by atoms with Crippen LogP contribution >= 0.6 is 11.3 Å². The Morgan fingerprint density at radius 3 is 2.52 bits per heavy atom. The standard InChI is InChI=1S/C21H24N2OS/c1-15(2)16-8-10-17(11-9-16)20-13-23-21(25-20)14-22-12-18-6-4-5-7-19(18)24-3/h4-11,13,15,22H,12,14H2,1-3H3. The predicted octanol–water partition coefficient (Wildman–Crippen LogP) is 5.23. The van der Waals surface area contributed by atoms with Crippen LogP contribution in [-0.4, -0.2) is 12.1 Å². The molecule has 1 aromatic heterocycles. The number of nitrogens with zero attached hydrogens (tertiary/aromatic N) is 1. The summed E-state index contributed by atoms with van der Waals surface area (Å²) in [4.78, 5) is 5.76. The number of rotatable bonds is 7. The highest BCUT2D eigenvalue weighted by molar-refractivity contribution is 7.15. The first-order valence-corrected chi connectivity index (χ1v) is 9.36. The van der Waals surface area contributed by atoms with E-state index in [1.54, 1.807) is 18.4 Å². The first kappa shape index (κ1) is 17.6. The molecule has 3 nitrogen and oxygen atoms in total. The highest BCUT2D eigenvalue weighted by Gasteiger charge is 2.07. The van der Waals surface area contributed by atoms with Crippen LogP contribution in [0.4, 0.5) is 0 Å². The van der Waals surface area contributed by atoms with Crippen molar-refractivity contribution >= 4 is 11.3 Å². The molecule has 0 aliphatic heterocycles. The molecule has 0 aliphatic carbocycles. The first-order chi connectivity index (χ1) is 12.2. The summed E-state index contributed by atoms with van der Waals surface area (Å²) in [6, 6.07) is 16.9. The van der Waals surface area contributed by atoms with E-state index in [1.165, 1.54) is 16.0 Å². The quantitative estimate of drug-likeness (QED) is 0.632. The third kappa shape index (κ3) is 4.47. The fraction of sp³-hybridized carbons (Fsp3) is 0.286. The molecular weight excluding hydrogens is 328 g/mol. The number of aromatic nitrogens is 1. The second-order valence-corrected chi connectivity index (χ2v) is 7.43. The van der Waals surface area contributed by atoms with Crippen LogP contribution in [0.3, 0.4) is 0 Å². The molecule has 3 aromatic rings. The fourth-order valence-electron chi connectivity index (χ4n) is 2.71. The highest BCUT2D eigenvalue weighted by atomic mass is 32.1. The highest BCUT2D eigenvalue weighted by Crippen LogP contribution is 2.27. The van der Waals surface area contributed by atoms with Gasteiger partial charge < -0.3 is 10.1 Å². The molecule has 3 rings (SSSR count). The smallest absolute Gasteiger partial charge is 0.123 e. The molecule has 130 valence electrons. The van der Waals surface area contributed by atoms with Crippen molar-refractivity contribution in [3.63, 3.8) is 0 Å². The van der Waals surface area contributed by atoms with Crippen LogP contribution in [-0.2, 0) is 13.1 Å². The average molecular weight is 353 g/mol. The van der Waals surface area contributed by atoms with Gasteiger partial charge in [-0.3, -0.25) is 0 Å². The molecule has 0 saturated carbocycles. The van der Waals surface area contributed by atoms with Crippen molar-refractivity contribution in [3.05, 3.63) is 70.9 Å². The van der Waals surface area contributed by atoms with Crippen molar-refractivity contribution in [2.75, 3.05) is 7.11 Å². The molecule has 0 unspecified atom stereocenters. The molecule has 1 heterocycles. The van der Waals surface area contributed by atoms with Crippen LogP contribution in [0.2, 0.25) is 0 Å². The summed E-state index contributed by atoms with van der Waals surface area (Å²) < 4.78 is 5.38. The molecule has 25 heavy (non-hydrogen) atoms. The Balaban J connectivity index is 1.60. The second kappa shape index (κ2) is 8.28. The average Bonchev–Trinajstić information content (AvgIpc) is 3.11. The molecule has 1 N–H and O–H groups in total. The van der Waals surface area contributed by atoms with Gasteiger partial charge in [-0.05, 0) is 23.1 Å². The Kier molecular flexibility index (Phi) is 5.84. The van der Waals surface area contributed by atoms with E-state index < -0.39 is 0 Å². The van der Waals surface area contributed by atoms with E-state index in [2.05, 4.69) is 54.5 Å². The SMILES string of the molecule is COc1ccccc1CNCc1ncc(-c2ccc(C(C)C)cc2)s1. The maximum Gasteiger partial charge on any atom is 0.123 e. The zero-order chi connectivity index (χ0) is 17.6. The molecule has 0 spiro atoms. The number of methoxy groups -OCH3 is 1. The Morgan fingerprint density at radius 1 is 1.04 bits per heavy atom. The van der Waals surface area contributed by atoms with Crippen molar-refractivity contribution < 1.29 is 4.74 Å². The van der Waals surface area contributed by atoms with Crippen LogP contribution in [0.1, 0.15) is 35.9 Å². The number of hydrogen-bond donors (Lipinski definition) is 1. The Labute approximate surface area is 153 Å². The summed E-state index contributed by atoms with van der Waals surface area (Å²) in [5, 5.41) is 4.54. The van der Waals surface area contributed by atoms with E-state index in [4.69, 9.17) is 4.74 Å². The van der Waals surface area contributed by atoms with Crippen molar-refractivity contribution in [2.24, 2.45) is 0 Å². The third-order valence-electron chi connectivity index (χ3n) is 4.20. The predicted molar refractivity (Wildman–Crippen MR) is 105 cm³/mol. The summed E-state index contributed by atoms with van der Waals surface area (Å²) in [5.74, 6) is 1.48. The summed E-state index contributed by atoms with van der Waals surface area (Å²) in [5.41, 5.74) is 3.76. The molecule has 0 bridgehead atoms. The monoisotopic (exact) mass is 352 g/mol. The van der Waals surface area contributed by atoms with Crippen LogP contribution in [0, 0.1) is 0 Å². The Hall–Kier alpha value is -2.17. The van der Waals surface area contributed by atoms with E-state index in [0.29, 0.717) is 5.92 Å². The lowest BCUT2D eigenvalue weighted by molar-refractivity contribution is 0.407. The molecule has 0 radical (unpaired) electrons. The lowest BCUT2D eigenvalue weighted by Crippen LogP contribution is -2.13. The first-order valence-electron chi connectivity index (χ1n) is 8.55. The van der Waals surface area contributed by atoms with Crippen LogP contribution < -0.4 is 10.1 Å². The van der Waals surface area contributed by atoms with Crippen molar-refractivity contribution in [1.29, 1.82) is 0 Å². The zero-order valence-corrected chi connectivity index (χ0v) is 15.8. The molecule has 0 atom stereocenters. The van der Waals surface area contributed by atoms with Gasteiger partial charge in [0, 0.05) is 24.8 Å². The van der Waals surface area contributed by atoms with Gasteiger partial charge in [0.1, 0.15) is 10.8 Å². The van der Waals surface area contributed by atoms with Gasteiger partial charge in [-0.2, -0.15) is 0 Å². The van der Waals surface area contributed by atoms with Gasteiger partial charge in [-0.15, -0.1) is 11.3 Å². The third-order valence-corrected chi connectivity index (χ3v) is 5.25.